The Morgan fingerprint density at radius 3 is 2.41 bits per heavy atom. The Bertz CT molecular complexity index is 811. The number of benzene rings is 1. The van der Waals surface area contributed by atoms with Crippen molar-refractivity contribution in [1.29, 1.82) is 0 Å². The molecular formula is C19H27N5O3. The summed E-state index contributed by atoms with van der Waals surface area (Å²) in [5.41, 5.74) is 3.05. The molecular weight excluding hydrogens is 346 g/mol. The van der Waals surface area contributed by atoms with E-state index in [9.17, 15) is 14.9 Å². The number of carbonyl (C=O) groups is 1. The molecule has 0 aliphatic rings. The number of nitrogens with zero attached hydrogens (tertiary/aromatic N) is 4. The Labute approximate surface area is 159 Å². The van der Waals surface area contributed by atoms with Crippen LogP contribution in [0.15, 0.2) is 24.3 Å². The Morgan fingerprint density at radius 1 is 1.30 bits per heavy atom. The number of nitro groups is 1. The Kier molecular flexibility index (Phi) is 6.68. The lowest BCUT2D eigenvalue weighted by Gasteiger charge is -2.25. The highest BCUT2D eigenvalue weighted by Gasteiger charge is 2.23. The molecule has 0 aliphatic carbocycles. The van der Waals surface area contributed by atoms with E-state index in [2.05, 4.69) is 46.5 Å². The summed E-state index contributed by atoms with van der Waals surface area (Å²) in [6.07, 6.45) is 0.985. The molecule has 0 saturated carbocycles. The largest absolute Gasteiger partial charge is 0.353 e. The van der Waals surface area contributed by atoms with E-state index < -0.39 is 4.92 Å². The Balaban J connectivity index is 2.04. The van der Waals surface area contributed by atoms with Gasteiger partial charge in [-0.3, -0.25) is 19.6 Å². The average molecular weight is 373 g/mol. The van der Waals surface area contributed by atoms with Crippen molar-refractivity contribution in [1.82, 2.24) is 20.0 Å². The first-order valence-electron chi connectivity index (χ1n) is 8.95. The monoisotopic (exact) mass is 373 g/mol. The number of aromatic nitrogens is 2. The second-order valence-corrected chi connectivity index (χ2v) is 6.81. The molecule has 0 radical (unpaired) electrons. The van der Waals surface area contributed by atoms with Crippen LogP contribution in [0.25, 0.3) is 0 Å². The van der Waals surface area contributed by atoms with Gasteiger partial charge in [-0.1, -0.05) is 31.2 Å². The van der Waals surface area contributed by atoms with Gasteiger partial charge in [0, 0.05) is 6.54 Å². The lowest BCUT2D eigenvalue weighted by atomic mass is 10.0. The highest BCUT2D eigenvalue weighted by molar-refractivity contribution is 5.75. The van der Waals surface area contributed by atoms with Gasteiger partial charge < -0.3 is 10.2 Å². The van der Waals surface area contributed by atoms with Gasteiger partial charge in [-0.05, 0) is 45.5 Å². The quantitative estimate of drug-likeness (QED) is 0.566. The molecule has 0 spiro atoms. The van der Waals surface area contributed by atoms with Crippen molar-refractivity contribution in [3.05, 3.63) is 56.9 Å². The highest BCUT2D eigenvalue weighted by Crippen LogP contribution is 2.22. The van der Waals surface area contributed by atoms with Crippen molar-refractivity contribution < 1.29 is 9.72 Å². The summed E-state index contributed by atoms with van der Waals surface area (Å²) < 4.78 is 1.38. The van der Waals surface area contributed by atoms with Crippen LogP contribution in [0.2, 0.25) is 0 Å². The van der Waals surface area contributed by atoms with Crippen LogP contribution >= 0.6 is 0 Å². The topological polar surface area (TPSA) is 93.3 Å². The molecule has 1 aromatic heterocycles. The first-order valence-corrected chi connectivity index (χ1v) is 8.95. The maximum absolute atomic E-state index is 12.4. The van der Waals surface area contributed by atoms with Gasteiger partial charge in [0.1, 0.15) is 17.9 Å². The molecule has 0 aliphatic heterocycles. The molecule has 27 heavy (non-hydrogen) atoms. The molecule has 8 heteroatoms. The number of aryl methyl sites for hydroxylation is 2. The zero-order chi connectivity index (χ0) is 20.1. The zero-order valence-corrected chi connectivity index (χ0v) is 16.5. The maximum Gasteiger partial charge on any atom is 0.312 e. The molecule has 2 rings (SSSR count). The van der Waals surface area contributed by atoms with Crippen LogP contribution in [0.4, 0.5) is 5.69 Å². The van der Waals surface area contributed by atoms with Crippen molar-refractivity contribution in [2.45, 2.75) is 39.8 Å². The number of carbonyl (C=O) groups excluding carboxylic acids is 1. The van der Waals surface area contributed by atoms with Gasteiger partial charge in [0.25, 0.3) is 0 Å². The second-order valence-electron chi connectivity index (χ2n) is 6.81. The summed E-state index contributed by atoms with van der Waals surface area (Å²) in [4.78, 5) is 25.0. The number of amides is 1. The molecule has 0 bridgehead atoms. The predicted octanol–water partition coefficient (Wildman–Crippen LogP) is 2.39. The van der Waals surface area contributed by atoms with E-state index in [0.717, 1.165) is 12.0 Å². The van der Waals surface area contributed by atoms with E-state index >= 15 is 0 Å². The van der Waals surface area contributed by atoms with Gasteiger partial charge in [0.15, 0.2) is 0 Å². The molecule has 146 valence electrons. The standard InChI is InChI=1S/C19H27N5O3/c1-6-15-7-9-16(10-8-15)17(22(4)5)11-20-18(25)12-23-14(3)19(24(26)27)13(2)21-23/h7-10,17H,6,11-12H2,1-5H3,(H,20,25)/t17-/m1/s1. The van der Waals surface area contributed by atoms with Crippen LogP contribution in [-0.2, 0) is 17.8 Å². The summed E-state index contributed by atoms with van der Waals surface area (Å²) in [6.45, 7) is 5.68. The number of hydrogen-bond acceptors (Lipinski definition) is 5. The SMILES string of the molecule is CCc1ccc([C@@H](CNC(=O)Cn2nc(C)c([N+](=O)[O-])c2C)N(C)C)cc1. The molecule has 8 nitrogen and oxygen atoms in total. The first-order chi connectivity index (χ1) is 12.7. The van der Waals surface area contributed by atoms with Crippen LogP contribution < -0.4 is 5.32 Å². The van der Waals surface area contributed by atoms with Crippen molar-refractivity contribution in [2.75, 3.05) is 20.6 Å². The zero-order valence-electron chi connectivity index (χ0n) is 16.5. The minimum absolute atomic E-state index is 0.0367. The average Bonchev–Trinajstić information content (AvgIpc) is 2.88. The number of likely N-dealkylation sites (N-methyl/N-ethyl adjacent to an activating group) is 1. The smallest absolute Gasteiger partial charge is 0.312 e. The fourth-order valence-corrected chi connectivity index (χ4v) is 3.08. The summed E-state index contributed by atoms with van der Waals surface area (Å²) >= 11 is 0. The second kappa shape index (κ2) is 8.77. The van der Waals surface area contributed by atoms with Crippen LogP contribution in [0.1, 0.15) is 35.5 Å². The molecule has 1 atom stereocenters. The van der Waals surface area contributed by atoms with E-state index in [1.807, 2.05) is 14.1 Å². The lowest BCUT2D eigenvalue weighted by molar-refractivity contribution is -0.386. The molecule has 1 aromatic carbocycles. The van der Waals surface area contributed by atoms with Gasteiger partial charge in [-0.15, -0.1) is 0 Å². The summed E-state index contributed by atoms with van der Waals surface area (Å²) in [7, 11) is 3.93. The van der Waals surface area contributed by atoms with Gasteiger partial charge in [0.2, 0.25) is 5.91 Å². The Hall–Kier alpha value is -2.74. The van der Waals surface area contributed by atoms with Gasteiger partial charge >= 0.3 is 5.69 Å². The van der Waals surface area contributed by atoms with Gasteiger partial charge in [-0.25, -0.2) is 0 Å². The van der Waals surface area contributed by atoms with E-state index in [1.54, 1.807) is 13.8 Å². The Morgan fingerprint density at radius 2 is 1.93 bits per heavy atom. The molecule has 0 saturated heterocycles. The third-order valence-electron chi connectivity index (χ3n) is 4.71. The molecule has 0 unspecified atom stereocenters. The normalized spacial score (nSPS) is 12.2. The van der Waals surface area contributed by atoms with Crippen LogP contribution in [0.3, 0.4) is 0 Å². The number of hydrogen-bond donors (Lipinski definition) is 1. The molecule has 0 fully saturated rings. The van der Waals surface area contributed by atoms with Crippen molar-refractivity contribution in [3.63, 3.8) is 0 Å². The number of nitrogens with one attached hydrogen (secondary N) is 1. The van der Waals surface area contributed by atoms with Crippen LogP contribution in [0.5, 0.6) is 0 Å². The number of rotatable bonds is 8. The maximum atomic E-state index is 12.4. The van der Waals surface area contributed by atoms with Crippen molar-refractivity contribution >= 4 is 11.6 Å². The minimum atomic E-state index is -0.464. The first kappa shape index (κ1) is 20.6. The third kappa shape index (κ3) is 4.91. The fraction of sp³-hybridized carbons (Fsp3) is 0.474. The van der Waals surface area contributed by atoms with Crippen LogP contribution in [-0.4, -0.2) is 46.2 Å². The lowest BCUT2D eigenvalue weighted by Crippen LogP contribution is -2.36. The molecule has 1 amide bonds. The fourth-order valence-electron chi connectivity index (χ4n) is 3.08. The van der Waals surface area contributed by atoms with Crippen molar-refractivity contribution in [3.8, 4) is 0 Å². The summed E-state index contributed by atoms with van der Waals surface area (Å²) in [5.74, 6) is -0.229. The molecule has 1 heterocycles. The molecule has 2 aromatic rings. The van der Waals surface area contributed by atoms with E-state index in [0.29, 0.717) is 17.9 Å². The summed E-state index contributed by atoms with van der Waals surface area (Å²) in [6, 6.07) is 8.40. The van der Waals surface area contributed by atoms with E-state index in [1.165, 1.54) is 10.2 Å². The minimum Gasteiger partial charge on any atom is -0.353 e. The van der Waals surface area contributed by atoms with Crippen molar-refractivity contribution in [2.24, 2.45) is 0 Å². The van der Waals surface area contributed by atoms with Crippen LogP contribution in [0, 0.1) is 24.0 Å². The third-order valence-corrected chi connectivity index (χ3v) is 4.71. The van der Waals surface area contributed by atoms with Gasteiger partial charge in [0.05, 0.1) is 11.0 Å². The van der Waals surface area contributed by atoms with E-state index in [4.69, 9.17) is 0 Å². The predicted molar refractivity (Wildman–Crippen MR) is 104 cm³/mol. The van der Waals surface area contributed by atoms with Gasteiger partial charge in [-0.2, -0.15) is 5.10 Å². The van der Waals surface area contributed by atoms with E-state index in [-0.39, 0.29) is 24.2 Å². The highest BCUT2D eigenvalue weighted by atomic mass is 16.6. The molecule has 1 N–H and O–H groups in total. The summed E-state index contributed by atoms with van der Waals surface area (Å²) in [5, 5.41) is 18.1.